The van der Waals surface area contributed by atoms with Crippen LogP contribution in [0.1, 0.15) is 42.5 Å². The van der Waals surface area contributed by atoms with Crippen LogP contribution in [0, 0.1) is 6.92 Å². The van der Waals surface area contributed by atoms with Gasteiger partial charge in [-0.3, -0.25) is 14.8 Å². The van der Waals surface area contributed by atoms with Crippen molar-refractivity contribution in [1.29, 1.82) is 0 Å². The number of hydrogen-bond donors (Lipinski definition) is 0. The van der Waals surface area contributed by atoms with Gasteiger partial charge in [-0.1, -0.05) is 37.3 Å². The zero-order chi connectivity index (χ0) is 18.1. The van der Waals surface area contributed by atoms with Crippen molar-refractivity contribution in [2.75, 3.05) is 0 Å². The molecule has 1 aliphatic rings. The molecule has 0 N–H and O–H groups in total. The van der Waals surface area contributed by atoms with Gasteiger partial charge in [0.05, 0.1) is 22.8 Å². The summed E-state index contributed by atoms with van der Waals surface area (Å²) in [6, 6.07) is 14.0. The van der Waals surface area contributed by atoms with E-state index in [1.54, 1.807) is 17.4 Å². The predicted molar refractivity (Wildman–Crippen MR) is 102 cm³/mol. The minimum Gasteiger partial charge on any atom is -0.273 e. The second kappa shape index (κ2) is 6.67. The molecule has 26 heavy (non-hydrogen) atoms. The number of nitrogens with zero attached hydrogens (tertiary/aromatic N) is 4. The monoisotopic (exact) mass is 344 g/mol. The summed E-state index contributed by atoms with van der Waals surface area (Å²) in [6.45, 7) is 3.94. The fraction of sp³-hybridized carbons (Fsp3) is 0.238. The van der Waals surface area contributed by atoms with Crippen LogP contribution >= 0.6 is 0 Å². The van der Waals surface area contributed by atoms with Crippen LogP contribution in [-0.2, 0) is 4.79 Å². The lowest BCUT2D eigenvalue weighted by Crippen LogP contribution is -2.26. The molecule has 0 spiro atoms. The number of rotatable bonds is 3. The van der Waals surface area contributed by atoms with Crippen molar-refractivity contribution in [3.05, 3.63) is 71.5 Å². The standard InChI is InChI=1S/C21H20N4O/c1-3-21(26)25-20(13-18(24-25)16-7-5-4-6-14(16)2)15-8-9-17-19(12-15)23-11-10-22-17/h4-12,20H,3,13H2,1-2H3/t20-/m1/s1. The van der Waals surface area contributed by atoms with Crippen molar-refractivity contribution in [1.82, 2.24) is 15.0 Å². The van der Waals surface area contributed by atoms with Crippen LogP contribution in [0.25, 0.3) is 11.0 Å². The maximum Gasteiger partial charge on any atom is 0.242 e. The Bertz CT molecular complexity index is 1010. The van der Waals surface area contributed by atoms with Crippen molar-refractivity contribution in [2.24, 2.45) is 5.10 Å². The highest BCUT2D eigenvalue weighted by atomic mass is 16.2. The Labute approximate surface area is 152 Å². The summed E-state index contributed by atoms with van der Waals surface area (Å²) >= 11 is 0. The molecule has 2 aromatic carbocycles. The summed E-state index contributed by atoms with van der Waals surface area (Å²) in [5, 5.41) is 6.33. The molecule has 130 valence electrons. The largest absolute Gasteiger partial charge is 0.273 e. The van der Waals surface area contributed by atoms with E-state index in [-0.39, 0.29) is 11.9 Å². The van der Waals surface area contributed by atoms with Gasteiger partial charge in [-0.25, -0.2) is 5.01 Å². The highest BCUT2D eigenvalue weighted by Gasteiger charge is 2.32. The van der Waals surface area contributed by atoms with E-state index in [1.165, 1.54) is 5.56 Å². The number of carbonyl (C=O) groups excluding carboxylic acids is 1. The van der Waals surface area contributed by atoms with E-state index in [2.05, 4.69) is 29.0 Å². The molecule has 0 bridgehead atoms. The molecule has 0 fully saturated rings. The molecule has 1 atom stereocenters. The Morgan fingerprint density at radius 1 is 1.12 bits per heavy atom. The van der Waals surface area contributed by atoms with Gasteiger partial charge in [-0.05, 0) is 30.2 Å². The molecule has 1 aromatic heterocycles. The van der Waals surface area contributed by atoms with Crippen LogP contribution in [0.4, 0.5) is 0 Å². The molecule has 5 nitrogen and oxygen atoms in total. The molecule has 5 heteroatoms. The first kappa shape index (κ1) is 16.4. The third-order valence-corrected chi connectivity index (χ3v) is 4.80. The molecule has 1 amide bonds. The number of hydrogen-bond acceptors (Lipinski definition) is 4. The summed E-state index contributed by atoms with van der Waals surface area (Å²) in [7, 11) is 0. The Kier molecular flexibility index (Phi) is 4.21. The highest BCUT2D eigenvalue weighted by Crippen LogP contribution is 2.34. The second-order valence-electron chi connectivity index (χ2n) is 6.48. The van der Waals surface area contributed by atoms with Crippen LogP contribution in [-0.4, -0.2) is 26.6 Å². The maximum absolute atomic E-state index is 12.5. The lowest BCUT2D eigenvalue weighted by atomic mass is 9.96. The molecule has 0 aliphatic carbocycles. The molecule has 0 saturated heterocycles. The van der Waals surface area contributed by atoms with Crippen molar-refractivity contribution >= 4 is 22.7 Å². The molecule has 1 aliphatic heterocycles. The van der Waals surface area contributed by atoms with Gasteiger partial charge in [-0.2, -0.15) is 5.10 Å². The van der Waals surface area contributed by atoms with Crippen LogP contribution in [0.5, 0.6) is 0 Å². The number of aromatic nitrogens is 2. The Morgan fingerprint density at radius 3 is 2.65 bits per heavy atom. The maximum atomic E-state index is 12.5. The van der Waals surface area contributed by atoms with E-state index in [0.717, 1.165) is 27.9 Å². The number of fused-ring (bicyclic) bond motifs is 1. The van der Waals surface area contributed by atoms with Gasteiger partial charge in [0, 0.05) is 30.8 Å². The molecule has 4 rings (SSSR count). The summed E-state index contributed by atoms with van der Waals surface area (Å²) < 4.78 is 0. The third kappa shape index (κ3) is 2.86. The highest BCUT2D eigenvalue weighted by molar-refractivity contribution is 6.04. The predicted octanol–water partition coefficient (Wildman–Crippen LogP) is 4.03. The fourth-order valence-electron chi connectivity index (χ4n) is 3.41. The smallest absolute Gasteiger partial charge is 0.242 e. The van der Waals surface area contributed by atoms with E-state index in [0.29, 0.717) is 12.8 Å². The first-order chi connectivity index (χ1) is 12.7. The average molecular weight is 344 g/mol. The average Bonchev–Trinajstić information content (AvgIpc) is 3.12. The first-order valence-corrected chi connectivity index (χ1v) is 8.83. The second-order valence-corrected chi connectivity index (χ2v) is 6.48. The summed E-state index contributed by atoms with van der Waals surface area (Å²) in [5.41, 5.74) is 5.94. The fourth-order valence-corrected chi connectivity index (χ4v) is 3.41. The quantitative estimate of drug-likeness (QED) is 0.721. The van der Waals surface area contributed by atoms with Crippen molar-refractivity contribution < 1.29 is 4.79 Å². The number of carbonyl (C=O) groups is 1. The Hall–Kier alpha value is -3.08. The van der Waals surface area contributed by atoms with E-state index in [1.807, 2.05) is 37.3 Å². The molecule has 0 unspecified atom stereocenters. The Morgan fingerprint density at radius 2 is 1.88 bits per heavy atom. The molecular weight excluding hydrogens is 324 g/mol. The number of hydrazone groups is 1. The molecule has 2 heterocycles. The van der Waals surface area contributed by atoms with Gasteiger partial charge in [0.15, 0.2) is 0 Å². The van der Waals surface area contributed by atoms with E-state index in [4.69, 9.17) is 5.10 Å². The summed E-state index contributed by atoms with van der Waals surface area (Å²) in [5.74, 6) is 0.0258. The van der Waals surface area contributed by atoms with Gasteiger partial charge in [-0.15, -0.1) is 0 Å². The lowest BCUT2D eigenvalue weighted by Gasteiger charge is -2.21. The first-order valence-electron chi connectivity index (χ1n) is 8.83. The van der Waals surface area contributed by atoms with E-state index in [9.17, 15) is 4.79 Å². The topological polar surface area (TPSA) is 58.5 Å². The third-order valence-electron chi connectivity index (χ3n) is 4.80. The molecule has 0 saturated carbocycles. The lowest BCUT2D eigenvalue weighted by molar-refractivity contribution is -0.132. The van der Waals surface area contributed by atoms with Crippen molar-refractivity contribution in [3.8, 4) is 0 Å². The minimum absolute atomic E-state index is 0.0258. The normalized spacial score (nSPS) is 16.8. The van der Waals surface area contributed by atoms with Gasteiger partial charge in [0.2, 0.25) is 5.91 Å². The molecule has 3 aromatic rings. The van der Waals surface area contributed by atoms with Crippen LogP contribution in [0.2, 0.25) is 0 Å². The van der Waals surface area contributed by atoms with Crippen LogP contribution < -0.4 is 0 Å². The SMILES string of the molecule is CCC(=O)N1N=C(c2ccccc2C)C[C@@H]1c1ccc2nccnc2c1. The van der Waals surface area contributed by atoms with E-state index < -0.39 is 0 Å². The van der Waals surface area contributed by atoms with Crippen LogP contribution in [0.15, 0.2) is 60.0 Å². The summed E-state index contributed by atoms with van der Waals surface area (Å²) in [6.07, 6.45) is 4.49. The van der Waals surface area contributed by atoms with Crippen molar-refractivity contribution in [3.63, 3.8) is 0 Å². The Balaban J connectivity index is 1.75. The van der Waals surface area contributed by atoms with Gasteiger partial charge in [0.25, 0.3) is 0 Å². The van der Waals surface area contributed by atoms with Gasteiger partial charge >= 0.3 is 0 Å². The van der Waals surface area contributed by atoms with Gasteiger partial charge < -0.3 is 0 Å². The minimum atomic E-state index is -0.108. The zero-order valence-electron chi connectivity index (χ0n) is 14.9. The van der Waals surface area contributed by atoms with Crippen molar-refractivity contribution in [2.45, 2.75) is 32.7 Å². The molecule has 0 radical (unpaired) electrons. The number of amides is 1. The van der Waals surface area contributed by atoms with E-state index >= 15 is 0 Å². The van der Waals surface area contributed by atoms with Crippen LogP contribution in [0.3, 0.4) is 0 Å². The summed E-state index contributed by atoms with van der Waals surface area (Å²) in [4.78, 5) is 21.2. The number of benzene rings is 2. The zero-order valence-corrected chi connectivity index (χ0v) is 14.9. The van der Waals surface area contributed by atoms with Gasteiger partial charge in [0.1, 0.15) is 0 Å². The number of aryl methyl sites for hydroxylation is 1. The molecular formula is C21H20N4O.